The summed E-state index contributed by atoms with van der Waals surface area (Å²) in [5, 5.41) is 0. The monoisotopic (exact) mass is 380 g/mol. The summed E-state index contributed by atoms with van der Waals surface area (Å²) in [6, 6.07) is 19.4. The minimum atomic E-state index is -3.22. The van der Waals surface area contributed by atoms with Gasteiger partial charge in [-0.2, -0.15) is 0 Å². The summed E-state index contributed by atoms with van der Waals surface area (Å²) in [4.78, 5) is 0.312. The Bertz CT molecular complexity index is 1080. The lowest BCUT2D eigenvalue weighted by atomic mass is 9.94. The van der Waals surface area contributed by atoms with Crippen LogP contribution in [0.15, 0.2) is 65.6 Å². The average molecular weight is 380 g/mol. The molecule has 0 spiro atoms. The van der Waals surface area contributed by atoms with Gasteiger partial charge in [0.2, 0.25) is 6.79 Å². The standard InChI is InChI=1S/C22H20O4S/c1-15-3-5-16(6-4-15)11-18-12-21-22(26-14-25-21)13-20(18)17-7-9-19(10-8-17)27(2,23)24/h3-10,12-13H,11,14H2,1-2H3. The summed E-state index contributed by atoms with van der Waals surface area (Å²) < 4.78 is 34.6. The Kier molecular flexibility index (Phi) is 4.40. The maximum atomic E-state index is 11.7. The van der Waals surface area contributed by atoms with Gasteiger partial charge in [0.25, 0.3) is 0 Å². The highest BCUT2D eigenvalue weighted by atomic mass is 32.2. The minimum absolute atomic E-state index is 0.218. The zero-order valence-electron chi connectivity index (χ0n) is 15.2. The number of benzene rings is 3. The first kappa shape index (κ1) is 17.6. The Morgan fingerprint density at radius 1 is 0.889 bits per heavy atom. The zero-order chi connectivity index (χ0) is 19.0. The molecule has 0 atom stereocenters. The Morgan fingerprint density at radius 3 is 2.15 bits per heavy atom. The summed E-state index contributed by atoms with van der Waals surface area (Å²) in [5.41, 5.74) is 5.49. The van der Waals surface area contributed by atoms with Crippen LogP contribution in [0.5, 0.6) is 11.5 Å². The van der Waals surface area contributed by atoms with Crippen molar-refractivity contribution in [3.05, 3.63) is 77.4 Å². The molecule has 4 nitrogen and oxygen atoms in total. The fourth-order valence-corrected chi connectivity index (χ4v) is 3.84. The molecule has 0 fully saturated rings. The molecule has 27 heavy (non-hydrogen) atoms. The van der Waals surface area contributed by atoms with Gasteiger partial charge in [0.1, 0.15) is 0 Å². The molecule has 4 rings (SSSR count). The largest absolute Gasteiger partial charge is 0.454 e. The van der Waals surface area contributed by atoms with Crippen LogP contribution in [0.2, 0.25) is 0 Å². The molecule has 0 aliphatic carbocycles. The van der Waals surface area contributed by atoms with E-state index < -0.39 is 9.84 Å². The van der Waals surface area contributed by atoms with Crippen LogP contribution in [-0.4, -0.2) is 21.5 Å². The lowest BCUT2D eigenvalue weighted by Crippen LogP contribution is -1.97. The highest BCUT2D eigenvalue weighted by Crippen LogP contribution is 2.39. The molecule has 0 radical (unpaired) electrons. The molecule has 0 unspecified atom stereocenters. The lowest BCUT2D eigenvalue weighted by Gasteiger charge is -2.12. The molecule has 0 N–H and O–H groups in total. The van der Waals surface area contributed by atoms with E-state index in [2.05, 4.69) is 31.2 Å². The summed E-state index contributed by atoms with van der Waals surface area (Å²) in [5.74, 6) is 1.46. The summed E-state index contributed by atoms with van der Waals surface area (Å²) in [6.07, 6.45) is 1.96. The lowest BCUT2D eigenvalue weighted by molar-refractivity contribution is 0.174. The van der Waals surface area contributed by atoms with Gasteiger partial charge < -0.3 is 9.47 Å². The smallest absolute Gasteiger partial charge is 0.231 e. The summed E-state index contributed by atoms with van der Waals surface area (Å²) >= 11 is 0. The molecule has 0 saturated heterocycles. The predicted molar refractivity (Wildman–Crippen MR) is 105 cm³/mol. The van der Waals surface area contributed by atoms with Crippen LogP contribution in [0.3, 0.4) is 0 Å². The van der Waals surface area contributed by atoms with Gasteiger partial charge in [-0.3, -0.25) is 0 Å². The maximum absolute atomic E-state index is 11.7. The molecule has 1 heterocycles. The van der Waals surface area contributed by atoms with Crippen LogP contribution in [0.4, 0.5) is 0 Å². The minimum Gasteiger partial charge on any atom is -0.454 e. The first-order valence-electron chi connectivity index (χ1n) is 8.69. The van der Waals surface area contributed by atoms with Crippen molar-refractivity contribution in [1.29, 1.82) is 0 Å². The molecule has 0 saturated carbocycles. The van der Waals surface area contributed by atoms with Crippen molar-refractivity contribution in [2.24, 2.45) is 0 Å². The SMILES string of the molecule is Cc1ccc(Cc2cc3c(cc2-c2ccc(S(C)(=O)=O)cc2)OCO3)cc1. The van der Waals surface area contributed by atoms with Gasteiger partial charge in [-0.15, -0.1) is 0 Å². The van der Waals surface area contributed by atoms with E-state index in [1.807, 2.05) is 24.3 Å². The quantitative estimate of drug-likeness (QED) is 0.674. The number of rotatable bonds is 4. The Labute approximate surface area is 159 Å². The third kappa shape index (κ3) is 3.69. The Balaban J connectivity index is 1.77. The molecule has 0 aromatic heterocycles. The van der Waals surface area contributed by atoms with Crippen molar-refractivity contribution in [2.45, 2.75) is 18.2 Å². The van der Waals surface area contributed by atoms with E-state index in [0.29, 0.717) is 10.6 Å². The first-order chi connectivity index (χ1) is 12.9. The van der Waals surface area contributed by atoms with E-state index in [9.17, 15) is 8.42 Å². The van der Waals surface area contributed by atoms with Crippen LogP contribution >= 0.6 is 0 Å². The number of aryl methyl sites for hydroxylation is 1. The number of sulfone groups is 1. The molecule has 138 valence electrons. The second kappa shape index (κ2) is 6.74. The van der Waals surface area contributed by atoms with E-state index in [4.69, 9.17) is 9.47 Å². The predicted octanol–water partition coefficient (Wildman–Crippen LogP) is 4.39. The molecular weight excluding hydrogens is 360 g/mol. The molecule has 3 aromatic rings. The zero-order valence-corrected chi connectivity index (χ0v) is 16.0. The topological polar surface area (TPSA) is 52.6 Å². The highest BCUT2D eigenvalue weighted by Gasteiger charge is 2.19. The molecule has 0 bridgehead atoms. The second-order valence-electron chi connectivity index (χ2n) is 6.82. The Morgan fingerprint density at radius 2 is 1.52 bits per heavy atom. The van der Waals surface area contributed by atoms with E-state index >= 15 is 0 Å². The van der Waals surface area contributed by atoms with Crippen LogP contribution < -0.4 is 9.47 Å². The van der Waals surface area contributed by atoms with Gasteiger partial charge in [0, 0.05) is 6.26 Å². The van der Waals surface area contributed by atoms with Gasteiger partial charge >= 0.3 is 0 Å². The third-order valence-corrected chi connectivity index (χ3v) is 5.84. The average Bonchev–Trinajstić information content (AvgIpc) is 3.10. The van der Waals surface area contributed by atoms with Gasteiger partial charge in [-0.1, -0.05) is 42.0 Å². The van der Waals surface area contributed by atoms with Crippen LogP contribution in [0.1, 0.15) is 16.7 Å². The van der Waals surface area contributed by atoms with Crippen LogP contribution in [0, 0.1) is 6.92 Å². The molecule has 1 aliphatic rings. The molecule has 0 amide bonds. The number of hydrogen-bond acceptors (Lipinski definition) is 4. The van der Waals surface area contributed by atoms with Gasteiger partial charge in [0.05, 0.1) is 4.90 Å². The maximum Gasteiger partial charge on any atom is 0.231 e. The van der Waals surface area contributed by atoms with Crippen LogP contribution in [-0.2, 0) is 16.3 Å². The van der Waals surface area contributed by atoms with E-state index in [-0.39, 0.29) is 6.79 Å². The summed E-state index contributed by atoms with van der Waals surface area (Å²) in [7, 11) is -3.22. The van der Waals surface area contributed by atoms with E-state index in [0.717, 1.165) is 28.9 Å². The van der Waals surface area contributed by atoms with Crippen molar-refractivity contribution >= 4 is 9.84 Å². The molecule has 1 aliphatic heterocycles. The summed E-state index contributed by atoms with van der Waals surface area (Å²) in [6.45, 7) is 2.29. The Hall–Kier alpha value is -2.79. The molecule has 3 aromatic carbocycles. The molecule has 5 heteroatoms. The van der Waals surface area contributed by atoms with Crippen molar-refractivity contribution in [1.82, 2.24) is 0 Å². The van der Waals surface area contributed by atoms with E-state index in [1.54, 1.807) is 12.1 Å². The molecular formula is C22H20O4S. The van der Waals surface area contributed by atoms with Crippen molar-refractivity contribution in [2.75, 3.05) is 13.0 Å². The second-order valence-corrected chi connectivity index (χ2v) is 8.84. The van der Waals surface area contributed by atoms with Crippen molar-refractivity contribution < 1.29 is 17.9 Å². The normalized spacial score (nSPS) is 13.0. The van der Waals surface area contributed by atoms with Gasteiger partial charge in [0.15, 0.2) is 21.3 Å². The van der Waals surface area contributed by atoms with E-state index in [1.165, 1.54) is 17.4 Å². The van der Waals surface area contributed by atoms with Gasteiger partial charge in [-0.05, 0) is 59.9 Å². The highest BCUT2D eigenvalue weighted by molar-refractivity contribution is 7.90. The van der Waals surface area contributed by atoms with Gasteiger partial charge in [-0.25, -0.2) is 8.42 Å². The van der Waals surface area contributed by atoms with Crippen molar-refractivity contribution in [3.8, 4) is 22.6 Å². The van der Waals surface area contributed by atoms with Crippen LogP contribution in [0.25, 0.3) is 11.1 Å². The number of fused-ring (bicyclic) bond motifs is 1. The fraction of sp³-hybridized carbons (Fsp3) is 0.182. The first-order valence-corrected chi connectivity index (χ1v) is 10.6. The third-order valence-electron chi connectivity index (χ3n) is 4.71. The number of ether oxygens (including phenoxy) is 2. The van der Waals surface area contributed by atoms with Crippen molar-refractivity contribution in [3.63, 3.8) is 0 Å². The fourth-order valence-electron chi connectivity index (χ4n) is 3.21. The number of hydrogen-bond donors (Lipinski definition) is 0.